The molecule has 0 N–H and O–H groups in total. The van der Waals surface area contributed by atoms with Crippen LogP contribution < -0.4 is 0 Å². The van der Waals surface area contributed by atoms with Crippen LogP contribution in [-0.4, -0.2) is 29.9 Å². The maximum atomic E-state index is 12.9. The lowest BCUT2D eigenvalue weighted by Gasteiger charge is -2.25. The Morgan fingerprint density at radius 1 is 1.00 bits per heavy atom. The minimum atomic E-state index is -3.70. The molecule has 23 heavy (non-hydrogen) atoms. The SMILES string of the molecule is CN(C(c1ccccc1)c1ncon1)S(=O)(=O)c1ccccc1. The number of hydrogen-bond donors (Lipinski definition) is 0. The first-order chi connectivity index (χ1) is 11.1. The maximum Gasteiger partial charge on any atom is 0.243 e. The van der Waals surface area contributed by atoms with Crippen LogP contribution in [0, 0.1) is 0 Å². The minimum Gasteiger partial charge on any atom is -0.343 e. The van der Waals surface area contributed by atoms with Crippen molar-refractivity contribution in [2.45, 2.75) is 10.9 Å². The standard InChI is InChI=1S/C16H15N3O3S/c1-19(23(20,21)14-10-6-3-7-11-14)15(16-17-12-22-18-16)13-8-4-2-5-9-13/h2-12,15H,1H3. The Hall–Kier alpha value is -2.51. The number of benzene rings is 2. The van der Waals surface area contributed by atoms with Crippen LogP contribution in [0.4, 0.5) is 0 Å². The van der Waals surface area contributed by atoms with Gasteiger partial charge < -0.3 is 4.52 Å². The molecule has 7 heteroatoms. The zero-order valence-electron chi connectivity index (χ0n) is 12.4. The second-order valence-electron chi connectivity index (χ2n) is 4.94. The van der Waals surface area contributed by atoms with Gasteiger partial charge in [-0.15, -0.1) is 0 Å². The van der Waals surface area contributed by atoms with Crippen LogP contribution in [0.25, 0.3) is 0 Å². The lowest BCUT2D eigenvalue weighted by atomic mass is 10.1. The molecule has 0 aliphatic rings. The number of rotatable bonds is 5. The van der Waals surface area contributed by atoms with E-state index in [2.05, 4.69) is 10.1 Å². The van der Waals surface area contributed by atoms with Crippen molar-refractivity contribution in [2.24, 2.45) is 0 Å². The summed E-state index contributed by atoms with van der Waals surface area (Å²) in [5, 5.41) is 3.83. The van der Waals surface area contributed by atoms with E-state index in [0.29, 0.717) is 5.82 Å². The van der Waals surface area contributed by atoms with Gasteiger partial charge in [0, 0.05) is 7.05 Å². The molecule has 1 heterocycles. The molecule has 0 aliphatic carbocycles. The molecule has 3 rings (SSSR count). The summed E-state index contributed by atoms with van der Waals surface area (Å²) in [6.07, 6.45) is 1.19. The van der Waals surface area contributed by atoms with Crippen molar-refractivity contribution in [3.63, 3.8) is 0 Å². The largest absolute Gasteiger partial charge is 0.343 e. The highest BCUT2D eigenvalue weighted by atomic mass is 32.2. The van der Waals surface area contributed by atoms with Crippen molar-refractivity contribution in [3.05, 3.63) is 78.4 Å². The molecule has 0 saturated heterocycles. The normalized spacial score (nSPS) is 13.1. The molecule has 0 aliphatic heterocycles. The molecule has 3 aromatic rings. The Morgan fingerprint density at radius 3 is 2.17 bits per heavy atom. The van der Waals surface area contributed by atoms with E-state index in [1.165, 1.54) is 17.7 Å². The van der Waals surface area contributed by atoms with Crippen molar-refractivity contribution < 1.29 is 12.9 Å². The molecule has 2 aromatic carbocycles. The predicted octanol–water partition coefficient (Wildman–Crippen LogP) is 2.48. The monoisotopic (exact) mass is 329 g/mol. The average molecular weight is 329 g/mol. The van der Waals surface area contributed by atoms with E-state index in [1.807, 2.05) is 30.3 Å². The van der Waals surface area contributed by atoms with Crippen molar-refractivity contribution in [2.75, 3.05) is 7.05 Å². The van der Waals surface area contributed by atoms with E-state index >= 15 is 0 Å². The first-order valence-corrected chi connectivity index (χ1v) is 8.39. The van der Waals surface area contributed by atoms with Gasteiger partial charge in [0.25, 0.3) is 0 Å². The molecule has 0 spiro atoms. The lowest BCUT2D eigenvalue weighted by molar-refractivity contribution is 0.369. The summed E-state index contributed by atoms with van der Waals surface area (Å²) in [6, 6.07) is 16.8. The van der Waals surface area contributed by atoms with Crippen molar-refractivity contribution >= 4 is 10.0 Å². The van der Waals surface area contributed by atoms with E-state index in [0.717, 1.165) is 5.56 Å². The average Bonchev–Trinajstić information content (AvgIpc) is 3.11. The quantitative estimate of drug-likeness (QED) is 0.719. The van der Waals surface area contributed by atoms with Gasteiger partial charge in [0.2, 0.25) is 16.4 Å². The third kappa shape index (κ3) is 3.01. The molecule has 118 valence electrons. The highest BCUT2D eigenvalue weighted by molar-refractivity contribution is 7.89. The van der Waals surface area contributed by atoms with E-state index in [-0.39, 0.29) is 4.90 Å². The van der Waals surface area contributed by atoms with E-state index < -0.39 is 16.1 Å². The number of aromatic nitrogens is 2. The van der Waals surface area contributed by atoms with Crippen LogP contribution in [-0.2, 0) is 10.0 Å². The summed E-state index contributed by atoms with van der Waals surface area (Å²) in [5.74, 6) is 0.290. The van der Waals surface area contributed by atoms with Gasteiger partial charge in [0.15, 0.2) is 5.82 Å². The van der Waals surface area contributed by atoms with E-state index in [4.69, 9.17) is 4.52 Å². The molecular weight excluding hydrogens is 314 g/mol. The molecule has 0 radical (unpaired) electrons. The van der Waals surface area contributed by atoms with E-state index in [9.17, 15) is 8.42 Å². The minimum absolute atomic E-state index is 0.215. The molecule has 1 aromatic heterocycles. The van der Waals surface area contributed by atoms with Gasteiger partial charge in [-0.05, 0) is 17.7 Å². The number of nitrogens with zero attached hydrogens (tertiary/aromatic N) is 3. The van der Waals surface area contributed by atoms with Gasteiger partial charge in [-0.25, -0.2) is 8.42 Å². The highest BCUT2D eigenvalue weighted by Crippen LogP contribution is 2.29. The molecule has 0 fully saturated rings. The molecule has 0 amide bonds. The van der Waals surface area contributed by atoms with Crippen molar-refractivity contribution in [3.8, 4) is 0 Å². The van der Waals surface area contributed by atoms with Crippen LogP contribution >= 0.6 is 0 Å². The van der Waals surface area contributed by atoms with Crippen LogP contribution in [0.15, 0.2) is 76.5 Å². The number of sulfonamides is 1. The van der Waals surface area contributed by atoms with Gasteiger partial charge >= 0.3 is 0 Å². The Kier molecular flexibility index (Phi) is 4.22. The van der Waals surface area contributed by atoms with Gasteiger partial charge in [0.1, 0.15) is 6.04 Å². The fraction of sp³-hybridized carbons (Fsp3) is 0.125. The zero-order valence-corrected chi connectivity index (χ0v) is 13.2. The van der Waals surface area contributed by atoms with Gasteiger partial charge in [-0.1, -0.05) is 53.7 Å². The van der Waals surface area contributed by atoms with E-state index in [1.54, 1.807) is 30.3 Å². The Bertz CT molecular complexity index is 850. The van der Waals surface area contributed by atoms with Crippen LogP contribution in [0.2, 0.25) is 0 Å². The fourth-order valence-electron chi connectivity index (χ4n) is 2.35. The van der Waals surface area contributed by atoms with Crippen LogP contribution in [0.5, 0.6) is 0 Å². The van der Waals surface area contributed by atoms with Crippen LogP contribution in [0.1, 0.15) is 17.4 Å². The fourth-order valence-corrected chi connectivity index (χ4v) is 3.68. The third-order valence-corrected chi connectivity index (χ3v) is 5.36. The Labute approximate surface area is 134 Å². The topological polar surface area (TPSA) is 76.3 Å². The molecular formula is C16H15N3O3S. The van der Waals surface area contributed by atoms with Crippen molar-refractivity contribution in [1.29, 1.82) is 0 Å². The third-order valence-electron chi connectivity index (χ3n) is 3.52. The lowest BCUT2D eigenvalue weighted by Crippen LogP contribution is -2.32. The second kappa shape index (κ2) is 6.31. The summed E-state index contributed by atoms with van der Waals surface area (Å²) in [6.45, 7) is 0. The summed E-state index contributed by atoms with van der Waals surface area (Å²) in [7, 11) is -2.19. The highest BCUT2D eigenvalue weighted by Gasteiger charge is 2.32. The Balaban J connectivity index is 2.07. The van der Waals surface area contributed by atoms with Gasteiger partial charge in [-0.3, -0.25) is 0 Å². The Morgan fingerprint density at radius 2 is 1.61 bits per heavy atom. The summed E-state index contributed by atoms with van der Waals surface area (Å²) in [4.78, 5) is 4.25. The summed E-state index contributed by atoms with van der Waals surface area (Å²) < 4.78 is 31.8. The van der Waals surface area contributed by atoms with Crippen molar-refractivity contribution in [1.82, 2.24) is 14.4 Å². The predicted molar refractivity (Wildman–Crippen MR) is 84.0 cm³/mol. The molecule has 0 bridgehead atoms. The first-order valence-electron chi connectivity index (χ1n) is 6.95. The maximum absolute atomic E-state index is 12.9. The van der Waals surface area contributed by atoms with Gasteiger partial charge in [0.05, 0.1) is 4.90 Å². The summed E-state index contributed by atoms with van der Waals surface area (Å²) >= 11 is 0. The first kappa shape index (κ1) is 15.4. The molecule has 0 saturated carbocycles. The smallest absolute Gasteiger partial charge is 0.243 e. The van der Waals surface area contributed by atoms with Crippen LogP contribution in [0.3, 0.4) is 0 Å². The zero-order chi connectivity index (χ0) is 16.3. The molecule has 1 atom stereocenters. The molecule has 6 nitrogen and oxygen atoms in total. The second-order valence-corrected chi connectivity index (χ2v) is 6.93. The number of hydrogen-bond acceptors (Lipinski definition) is 5. The van der Waals surface area contributed by atoms with Gasteiger partial charge in [-0.2, -0.15) is 9.29 Å². The molecule has 1 unspecified atom stereocenters. The summed E-state index contributed by atoms with van der Waals surface area (Å²) in [5.41, 5.74) is 0.760.